The molecule has 0 aliphatic heterocycles. The molecule has 1 aromatic heterocycles. The summed E-state index contributed by atoms with van der Waals surface area (Å²) in [6, 6.07) is 5.57. The lowest BCUT2D eigenvalue weighted by Gasteiger charge is -2.10. The number of likely N-dealkylation sites (N-methyl/N-ethyl adjacent to an activating group) is 1. The fourth-order valence-electron chi connectivity index (χ4n) is 1.94. The topological polar surface area (TPSA) is 61.0 Å². The van der Waals surface area contributed by atoms with E-state index in [9.17, 15) is 4.79 Å². The lowest BCUT2D eigenvalue weighted by molar-refractivity contribution is 0.0951. The normalized spacial score (nSPS) is 11.5. The van der Waals surface area contributed by atoms with E-state index in [4.69, 9.17) is 0 Å². The zero-order chi connectivity index (χ0) is 14.7. The number of imidazole rings is 1. The van der Waals surface area contributed by atoms with Gasteiger partial charge in [-0.1, -0.05) is 13.8 Å². The molecule has 0 fully saturated rings. The highest BCUT2D eigenvalue weighted by atomic mass is 16.1. The Hall–Kier alpha value is -1.88. The first-order valence-electron chi connectivity index (χ1n) is 6.90. The third-order valence-electron chi connectivity index (χ3n) is 3.15. The Morgan fingerprint density at radius 2 is 2.15 bits per heavy atom. The maximum absolute atomic E-state index is 12.0. The summed E-state index contributed by atoms with van der Waals surface area (Å²) in [5.41, 5.74) is 2.47. The second kappa shape index (κ2) is 6.05. The minimum atomic E-state index is -0.0468. The smallest absolute Gasteiger partial charge is 0.251 e. The van der Waals surface area contributed by atoms with Crippen LogP contribution in [0.15, 0.2) is 18.2 Å². The Morgan fingerprint density at radius 1 is 1.40 bits per heavy atom. The van der Waals surface area contributed by atoms with Crippen LogP contribution in [0.2, 0.25) is 0 Å². The quantitative estimate of drug-likeness (QED) is 0.876. The maximum Gasteiger partial charge on any atom is 0.251 e. The molecule has 0 unspecified atom stereocenters. The number of aromatic nitrogens is 2. The summed E-state index contributed by atoms with van der Waals surface area (Å²) in [6.07, 6.45) is 0. The highest BCUT2D eigenvalue weighted by molar-refractivity contribution is 5.97. The fraction of sp³-hybridized carbons (Fsp3) is 0.467. The van der Waals surface area contributed by atoms with Crippen LogP contribution in [0.5, 0.6) is 0 Å². The molecule has 1 aromatic carbocycles. The van der Waals surface area contributed by atoms with Gasteiger partial charge in [-0.25, -0.2) is 4.98 Å². The number of aromatic amines is 1. The first kappa shape index (κ1) is 14.5. The van der Waals surface area contributed by atoms with Crippen molar-refractivity contribution in [3.8, 4) is 0 Å². The highest BCUT2D eigenvalue weighted by Gasteiger charge is 2.10. The van der Waals surface area contributed by atoms with Gasteiger partial charge >= 0.3 is 0 Å². The zero-order valence-electron chi connectivity index (χ0n) is 12.5. The van der Waals surface area contributed by atoms with Crippen molar-refractivity contribution in [2.75, 3.05) is 27.2 Å². The number of fused-ring (bicyclic) bond motifs is 1. The summed E-state index contributed by atoms with van der Waals surface area (Å²) in [7, 11) is 3.96. The molecule has 0 aliphatic rings. The first-order chi connectivity index (χ1) is 9.47. The molecule has 0 saturated heterocycles. The number of amides is 1. The van der Waals surface area contributed by atoms with Gasteiger partial charge in [-0.05, 0) is 32.3 Å². The molecule has 0 atom stereocenters. The van der Waals surface area contributed by atoms with E-state index in [1.807, 2.05) is 37.2 Å². The summed E-state index contributed by atoms with van der Waals surface area (Å²) in [6.45, 7) is 5.65. The van der Waals surface area contributed by atoms with Gasteiger partial charge in [-0.15, -0.1) is 0 Å². The van der Waals surface area contributed by atoms with Gasteiger partial charge in [0.05, 0.1) is 11.0 Å². The van der Waals surface area contributed by atoms with Crippen LogP contribution in [0.1, 0.15) is 35.9 Å². The maximum atomic E-state index is 12.0. The van der Waals surface area contributed by atoms with Crippen LogP contribution in [-0.2, 0) is 0 Å². The summed E-state index contributed by atoms with van der Waals surface area (Å²) < 4.78 is 0. The fourth-order valence-corrected chi connectivity index (χ4v) is 1.94. The molecule has 1 heterocycles. The molecule has 0 radical (unpaired) electrons. The largest absolute Gasteiger partial charge is 0.351 e. The van der Waals surface area contributed by atoms with Crippen molar-refractivity contribution in [3.63, 3.8) is 0 Å². The van der Waals surface area contributed by atoms with Crippen molar-refractivity contribution < 1.29 is 4.79 Å². The summed E-state index contributed by atoms with van der Waals surface area (Å²) in [5, 5.41) is 2.91. The Labute approximate surface area is 119 Å². The minimum absolute atomic E-state index is 0.0468. The van der Waals surface area contributed by atoms with Crippen molar-refractivity contribution in [2.24, 2.45) is 0 Å². The van der Waals surface area contributed by atoms with Crippen LogP contribution in [0, 0.1) is 0 Å². The molecular weight excluding hydrogens is 252 g/mol. The third-order valence-corrected chi connectivity index (χ3v) is 3.15. The van der Waals surface area contributed by atoms with Gasteiger partial charge in [-0.2, -0.15) is 0 Å². The lowest BCUT2D eigenvalue weighted by Crippen LogP contribution is -2.31. The molecule has 5 nitrogen and oxygen atoms in total. The average Bonchev–Trinajstić information content (AvgIpc) is 2.81. The van der Waals surface area contributed by atoms with E-state index < -0.39 is 0 Å². The number of hydrogen-bond acceptors (Lipinski definition) is 3. The van der Waals surface area contributed by atoms with Crippen LogP contribution < -0.4 is 5.32 Å². The van der Waals surface area contributed by atoms with Gasteiger partial charge in [0.1, 0.15) is 5.82 Å². The van der Waals surface area contributed by atoms with Crippen LogP contribution in [0.25, 0.3) is 11.0 Å². The predicted octanol–water partition coefficient (Wildman–Crippen LogP) is 1.98. The second-order valence-electron chi connectivity index (χ2n) is 5.57. The van der Waals surface area contributed by atoms with E-state index in [1.54, 1.807) is 0 Å². The summed E-state index contributed by atoms with van der Waals surface area (Å²) >= 11 is 0. The lowest BCUT2D eigenvalue weighted by atomic mass is 10.2. The molecule has 0 aliphatic carbocycles. The van der Waals surface area contributed by atoms with E-state index in [0.717, 1.165) is 23.4 Å². The molecule has 20 heavy (non-hydrogen) atoms. The van der Waals surface area contributed by atoms with Gasteiger partial charge < -0.3 is 15.2 Å². The van der Waals surface area contributed by atoms with Gasteiger partial charge in [0.15, 0.2) is 0 Å². The Balaban J connectivity index is 2.12. The van der Waals surface area contributed by atoms with Crippen LogP contribution in [-0.4, -0.2) is 48.0 Å². The van der Waals surface area contributed by atoms with Gasteiger partial charge in [0.25, 0.3) is 5.91 Å². The van der Waals surface area contributed by atoms with Crippen molar-refractivity contribution in [2.45, 2.75) is 19.8 Å². The number of benzene rings is 1. The van der Waals surface area contributed by atoms with E-state index in [1.165, 1.54) is 0 Å². The molecule has 1 amide bonds. The number of hydrogen-bond donors (Lipinski definition) is 2. The first-order valence-corrected chi connectivity index (χ1v) is 6.90. The molecule has 0 bridgehead atoms. The number of carbonyl (C=O) groups excluding carboxylic acids is 1. The third kappa shape index (κ3) is 3.36. The number of nitrogens with zero attached hydrogens (tertiary/aromatic N) is 2. The zero-order valence-corrected chi connectivity index (χ0v) is 12.5. The standard InChI is InChI=1S/C15H22N4O/c1-10(2)14-17-12-6-5-11(9-13(12)18-14)15(20)16-7-8-19(3)4/h5-6,9-10H,7-8H2,1-4H3,(H,16,20)(H,17,18). The van der Waals surface area contributed by atoms with Gasteiger partial charge in [0, 0.05) is 24.6 Å². The van der Waals surface area contributed by atoms with Crippen molar-refractivity contribution in [1.82, 2.24) is 20.2 Å². The van der Waals surface area contributed by atoms with E-state index in [2.05, 4.69) is 29.1 Å². The van der Waals surface area contributed by atoms with Crippen LogP contribution in [0.4, 0.5) is 0 Å². The molecule has 5 heteroatoms. The number of H-pyrrole nitrogens is 1. The molecule has 108 valence electrons. The van der Waals surface area contributed by atoms with Crippen LogP contribution in [0.3, 0.4) is 0 Å². The minimum Gasteiger partial charge on any atom is -0.351 e. The average molecular weight is 274 g/mol. The Bertz CT molecular complexity index is 601. The summed E-state index contributed by atoms with van der Waals surface area (Å²) in [4.78, 5) is 21.9. The van der Waals surface area contributed by atoms with Crippen molar-refractivity contribution in [3.05, 3.63) is 29.6 Å². The molecule has 0 spiro atoms. The predicted molar refractivity (Wildman–Crippen MR) is 81.1 cm³/mol. The molecule has 2 N–H and O–H groups in total. The summed E-state index contributed by atoms with van der Waals surface area (Å²) in [5.74, 6) is 1.25. The second-order valence-corrected chi connectivity index (χ2v) is 5.57. The highest BCUT2D eigenvalue weighted by Crippen LogP contribution is 2.18. The number of rotatable bonds is 5. The van der Waals surface area contributed by atoms with Crippen LogP contribution >= 0.6 is 0 Å². The van der Waals surface area contributed by atoms with Crippen molar-refractivity contribution in [1.29, 1.82) is 0 Å². The van der Waals surface area contributed by atoms with E-state index >= 15 is 0 Å². The molecule has 2 rings (SSSR count). The SMILES string of the molecule is CC(C)c1nc2ccc(C(=O)NCCN(C)C)cc2[nH]1. The number of nitrogens with one attached hydrogen (secondary N) is 2. The van der Waals surface area contributed by atoms with Gasteiger partial charge in [-0.3, -0.25) is 4.79 Å². The Kier molecular flexibility index (Phi) is 4.39. The Morgan fingerprint density at radius 3 is 2.80 bits per heavy atom. The molecular formula is C15H22N4O. The number of carbonyl (C=O) groups is 1. The molecule has 0 saturated carbocycles. The van der Waals surface area contributed by atoms with Gasteiger partial charge in [0.2, 0.25) is 0 Å². The van der Waals surface area contributed by atoms with E-state index in [0.29, 0.717) is 18.0 Å². The van der Waals surface area contributed by atoms with Crippen molar-refractivity contribution >= 4 is 16.9 Å². The monoisotopic (exact) mass is 274 g/mol. The molecule has 2 aromatic rings. The van der Waals surface area contributed by atoms with E-state index in [-0.39, 0.29) is 5.91 Å².